The van der Waals surface area contributed by atoms with Gasteiger partial charge in [0.05, 0.1) is 12.4 Å². The number of carbonyl (C=O) groups is 2. The molecule has 0 radical (unpaired) electrons. The molecule has 8 nitrogen and oxygen atoms in total. The summed E-state index contributed by atoms with van der Waals surface area (Å²) >= 11 is 0. The molecule has 1 aliphatic heterocycles. The van der Waals surface area contributed by atoms with Crippen molar-refractivity contribution in [2.45, 2.75) is 44.2 Å². The molecule has 1 fully saturated rings. The van der Waals surface area contributed by atoms with Crippen LogP contribution in [0.1, 0.15) is 31.2 Å². The zero-order valence-electron chi connectivity index (χ0n) is 15.6. The molecular weight excluding hydrogens is 344 g/mol. The van der Waals surface area contributed by atoms with Crippen molar-refractivity contribution in [1.82, 2.24) is 15.6 Å². The molecule has 2 atom stereocenters. The van der Waals surface area contributed by atoms with E-state index in [4.69, 9.17) is 11.6 Å². The van der Waals surface area contributed by atoms with Crippen LogP contribution in [-0.2, 0) is 16.0 Å². The van der Waals surface area contributed by atoms with Crippen LogP contribution in [0.2, 0.25) is 0 Å². The van der Waals surface area contributed by atoms with E-state index in [1.165, 1.54) is 6.34 Å². The van der Waals surface area contributed by atoms with Gasteiger partial charge in [-0.05, 0) is 37.7 Å². The minimum Gasteiger partial charge on any atom is -0.354 e. The molecular formula is C19H30N6O2. The first-order valence-corrected chi connectivity index (χ1v) is 9.45. The van der Waals surface area contributed by atoms with Crippen molar-refractivity contribution in [3.63, 3.8) is 0 Å². The van der Waals surface area contributed by atoms with Gasteiger partial charge in [-0.2, -0.15) is 0 Å². The standard InChI is InChI=1S/C19H30N6O2/c20-16(13-15-7-2-1-3-8-15)19(27)25-12-6-9-17(25)18(26)23-11-5-4-10-22-14-24-21/h1-3,7-8,14,16-17H,4-6,9-13,20-21H2,(H,22,24)(H,23,26)/t16-,17+/m1/s1. The molecule has 2 amide bonds. The molecule has 6 N–H and O–H groups in total. The van der Waals surface area contributed by atoms with Gasteiger partial charge in [0.1, 0.15) is 6.04 Å². The average molecular weight is 374 g/mol. The van der Waals surface area contributed by atoms with Gasteiger partial charge >= 0.3 is 0 Å². The van der Waals surface area contributed by atoms with Crippen LogP contribution < -0.4 is 22.3 Å². The van der Waals surface area contributed by atoms with Crippen LogP contribution in [0.4, 0.5) is 0 Å². The second kappa shape index (κ2) is 11.3. The van der Waals surface area contributed by atoms with Crippen LogP contribution in [0, 0.1) is 0 Å². The number of nitrogens with one attached hydrogen (secondary N) is 2. The Labute approximate surface area is 160 Å². The number of benzene rings is 1. The second-order valence-electron chi connectivity index (χ2n) is 6.69. The highest BCUT2D eigenvalue weighted by Crippen LogP contribution is 2.19. The van der Waals surface area contributed by atoms with E-state index in [2.05, 4.69) is 15.7 Å². The first-order chi connectivity index (χ1) is 13.1. The number of carbonyl (C=O) groups excluding carboxylic acids is 2. The highest BCUT2D eigenvalue weighted by molar-refractivity contribution is 5.90. The Bertz CT molecular complexity index is 622. The predicted molar refractivity (Wildman–Crippen MR) is 106 cm³/mol. The fourth-order valence-corrected chi connectivity index (χ4v) is 3.25. The molecule has 0 aliphatic carbocycles. The van der Waals surface area contributed by atoms with Gasteiger partial charge in [0.25, 0.3) is 0 Å². The number of hydrogen-bond donors (Lipinski definition) is 4. The maximum absolute atomic E-state index is 12.7. The fourth-order valence-electron chi connectivity index (χ4n) is 3.25. The van der Waals surface area contributed by atoms with Crippen LogP contribution in [0.5, 0.6) is 0 Å². The minimum absolute atomic E-state index is 0.0973. The summed E-state index contributed by atoms with van der Waals surface area (Å²) in [5.41, 5.74) is 9.48. The maximum Gasteiger partial charge on any atom is 0.242 e. The molecule has 0 aromatic heterocycles. The molecule has 1 aliphatic rings. The third-order valence-electron chi connectivity index (χ3n) is 4.63. The topological polar surface area (TPSA) is 126 Å². The zero-order chi connectivity index (χ0) is 19.5. The Morgan fingerprint density at radius 2 is 2.07 bits per heavy atom. The lowest BCUT2D eigenvalue weighted by molar-refractivity contribution is -0.139. The van der Waals surface area contributed by atoms with Gasteiger partial charge in [0.2, 0.25) is 11.8 Å². The number of hydrazine groups is 1. The van der Waals surface area contributed by atoms with Crippen molar-refractivity contribution in [2.75, 3.05) is 19.6 Å². The molecule has 0 unspecified atom stereocenters. The number of nitrogens with zero attached hydrogens (tertiary/aromatic N) is 2. The molecule has 1 heterocycles. The predicted octanol–water partition coefficient (Wildman–Crippen LogP) is -0.0646. The van der Waals surface area contributed by atoms with Crippen LogP contribution in [-0.4, -0.2) is 54.8 Å². The summed E-state index contributed by atoms with van der Waals surface area (Å²) in [7, 11) is 0. The Hall–Kier alpha value is -2.45. The van der Waals surface area contributed by atoms with Gasteiger partial charge < -0.3 is 21.4 Å². The summed E-state index contributed by atoms with van der Waals surface area (Å²) in [6.07, 6.45) is 5.10. The Morgan fingerprint density at radius 3 is 2.81 bits per heavy atom. The zero-order valence-corrected chi connectivity index (χ0v) is 15.6. The van der Waals surface area contributed by atoms with Crippen molar-refractivity contribution in [2.24, 2.45) is 16.6 Å². The van der Waals surface area contributed by atoms with Gasteiger partial charge in [-0.1, -0.05) is 30.3 Å². The van der Waals surface area contributed by atoms with Gasteiger partial charge in [-0.3, -0.25) is 14.6 Å². The van der Waals surface area contributed by atoms with Crippen LogP contribution >= 0.6 is 0 Å². The number of likely N-dealkylation sites (tertiary alicyclic amines) is 1. The lowest BCUT2D eigenvalue weighted by Gasteiger charge is -2.26. The molecule has 0 saturated carbocycles. The van der Waals surface area contributed by atoms with Gasteiger partial charge in [0.15, 0.2) is 0 Å². The largest absolute Gasteiger partial charge is 0.354 e. The molecule has 148 valence electrons. The van der Waals surface area contributed by atoms with Crippen molar-refractivity contribution in [1.29, 1.82) is 0 Å². The smallest absolute Gasteiger partial charge is 0.242 e. The fraction of sp³-hybridized carbons (Fsp3) is 0.526. The van der Waals surface area contributed by atoms with Gasteiger partial charge in [0, 0.05) is 19.6 Å². The average Bonchev–Trinajstić information content (AvgIpc) is 3.17. The maximum atomic E-state index is 12.7. The van der Waals surface area contributed by atoms with Crippen molar-refractivity contribution < 1.29 is 9.59 Å². The van der Waals surface area contributed by atoms with Crippen LogP contribution in [0.3, 0.4) is 0 Å². The first-order valence-electron chi connectivity index (χ1n) is 9.45. The number of amides is 2. The number of nitrogens with two attached hydrogens (primary N) is 2. The normalized spacial score (nSPS) is 17.9. The third kappa shape index (κ3) is 6.65. The summed E-state index contributed by atoms with van der Waals surface area (Å²) in [5, 5.41) is 2.92. The molecule has 27 heavy (non-hydrogen) atoms. The quantitative estimate of drug-likeness (QED) is 0.150. The van der Waals surface area contributed by atoms with E-state index in [-0.39, 0.29) is 11.8 Å². The molecule has 2 rings (SSSR count). The van der Waals surface area contributed by atoms with E-state index in [1.54, 1.807) is 4.90 Å². The molecule has 8 heteroatoms. The van der Waals surface area contributed by atoms with E-state index in [0.29, 0.717) is 32.5 Å². The Morgan fingerprint density at radius 1 is 1.30 bits per heavy atom. The van der Waals surface area contributed by atoms with Crippen molar-refractivity contribution in [3.05, 3.63) is 35.9 Å². The summed E-state index contributed by atoms with van der Waals surface area (Å²) in [5.74, 6) is 4.83. The Balaban J connectivity index is 1.78. The molecule has 1 saturated heterocycles. The van der Waals surface area contributed by atoms with Crippen molar-refractivity contribution in [3.8, 4) is 0 Å². The number of unbranched alkanes of at least 4 members (excludes halogenated alkanes) is 1. The highest BCUT2D eigenvalue weighted by Gasteiger charge is 2.35. The lowest BCUT2D eigenvalue weighted by atomic mass is 10.1. The monoisotopic (exact) mass is 374 g/mol. The van der Waals surface area contributed by atoms with E-state index < -0.39 is 12.1 Å². The highest BCUT2D eigenvalue weighted by atomic mass is 16.2. The van der Waals surface area contributed by atoms with Crippen LogP contribution in [0.15, 0.2) is 35.3 Å². The minimum atomic E-state index is -0.630. The molecule has 1 aromatic rings. The summed E-state index contributed by atoms with van der Waals surface area (Å²) in [6, 6.07) is 8.64. The summed E-state index contributed by atoms with van der Waals surface area (Å²) in [6.45, 7) is 1.81. The van der Waals surface area contributed by atoms with E-state index in [9.17, 15) is 9.59 Å². The lowest BCUT2D eigenvalue weighted by Crippen LogP contribution is -2.51. The van der Waals surface area contributed by atoms with Gasteiger partial charge in [-0.15, -0.1) is 0 Å². The summed E-state index contributed by atoms with van der Waals surface area (Å²) < 4.78 is 0. The third-order valence-corrected chi connectivity index (χ3v) is 4.63. The number of aliphatic imine (C=N–C) groups is 1. The summed E-state index contributed by atoms with van der Waals surface area (Å²) in [4.78, 5) is 30.9. The molecule has 0 bridgehead atoms. The van der Waals surface area contributed by atoms with Crippen molar-refractivity contribution >= 4 is 18.2 Å². The van der Waals surface area contributed by atoms with Crippen LogP contribution in [0.25, 0.3) is 0 Å². The molecule has 1 aromatic carbocycles. The van der Waals surface area contributed by atoms with E-state index >= 15 is 0 Å². The van der Waals surface area contributed by atoms with E-state index in [0.717, 1.165) is 24.8 Å². The number of rotatable bonds is 10. The van der Waals surface area contributed by atoms with E-state index in [1.807, 2.05) is 30.3 Å². The second-order valence-corrected chi connectivity index (χ2v) is 6.69. The Kier molecular flexibility index (Phi) is 8.73. The SMILES string of the molecule is NNC=NCCCCNC(=O)[C@@H]1CCCN1C(=O)[C@H](N)Cc1ccccc1. The number of hydrogen-bond acceptors (Lipinski definition) is 5. The van der Waals surface area contributed by atoms with Gasteiger partial charge in [-0.25, -0.2) is 5.84 Å². The molecule has 0 spiro atoms. The first kappa shape index (κ1) is 20.9.